The quantitative estimate of drug-likeness (QED) is 0.477. The third-order valence-electron chi connectivity index (χ3n) is 5.39. The van der Waals surface area contributed by atoms with Crippen LogP contribution < -0.4 is 0 Å². The first kappa shape index (κ1) is 19.0. The molecule has 29 heavy (non-hydrogen) atoms. The van der Waals surface area contributed by atoms with Crippen molar-refractivity contribution in [1.82, 2.24) is 14.7 Å². The van der Waals surface area contributed by atoms with Crippen LogP contribution in [0.4, 0.5) is 0 Å². The minimum absolute atomic E-state index is 0.0318. The van der Waals surface area contributed by atoms with Gasteiger partial charge < -0.3 is 9.32 Å². The molecule has 5 heteroatoms. The lowest BCUT2D eigenvalue weighted by Crippen LogP contribution is -2.29. The molecule has 0 radical (unpaired) electrons. The highest BCUT2D eigenvalue weighted by Gasteiger charge is 2.22. The van der Waals surface area contributed by atoms with Crippen molar-refractivity contribution < 1.29 is 9.21 Å². The third kappa shape index (κ3) is 3.81. The second-order valence-corrected chi connectivity index (χ2v) is 7.56. The molecule has 0 saturated heterocycles. The van der Waals surface area contributed by atoms with Gasteiger partial charge >= 0.3 is 0 Å². The number of carbonyl (C=O) groups excluding carboxylic acids is 1. The fraction of sp³-hybridized carbons (Fsp3) is 0.250. The molecular weight excluding hydrogens is 362 g/mol. The molecule has 2 aromatic heterocycles. The van der Waals surface area contributed by atoms with Gasteiger partial charge in [0.15, 0.2) is 0 Å². The summed E-state index contributed by atoms with van der Waals surface area (Å²) >= 11 is 0. The predicted octanol–water partition coefficient (Wildman–Crippen LogP) is 5.13. The standard InChI is InChI=1S/C24H25N3O2/c1-16-13-17(2)27(25-16)15-19-9-11-20(12-10-19)24(28)26(4)18(3)23-14-21-7-5-6-8-22(21)29-23/h5-14,18H,15H2,1-4H3. The van der Waals surface area contributed by atoms with E-state index in [0.717, 1.165) is 33.7 Å². The number of para-hydroxylation sites is 1. The highest BCUT2D eigenvalue weighted by Crippen LogP contribution is 2.27. The lowest BCUT2D eigenvalue weighted by Gasteiger charge is -2.23. The average molecular weight is 387 g/mol. The summed E-state index contributed by atoms with van der Waals surface area (Å²) in [7, 11) is 1.81. The van der Waals surface area contributed by atoms with E-state index in [4.69, 9.17) is 4.42 Å². The number of hydrogen-bond acceptors (Lipinski definition) is 3. The van der Waals surface area contributed by atoms with Crippen LogP contribution in [0.2, 0.25) is 0 Å². The predicted molar refractivity (Wildman–Crippen MR) is 114 cm³/mol. The second kappa shape index (κ2) is 7.59. The van der Waals surface area contributed by atoms with Crippen molar-refractivity contribution >= 4 is 16.9 Å². The van der Waals surface area contributed by atoms with Gasteiger partial charge in [0.2, 0.25) is 0 Å². The topological polar surface area (TPSA) is 51.3 Å². The highest BCUT2D eigenvalue weighted by molar-refractivity contribution is 5.94. The molecule has 0 aliphatic rings. The Morgan fingerprint density at radius 1 is 1.10 bits per heavy atom. The van der Waals surface area contributed by atoms with Crippen LogP contribution in [0.15, 0.2) is 65.1 Å². The van der Waals surface area contributed by atoms with E-state index in [9.17, 15) is 4.79 Å². The normalized spacial score (nSPS) is 12.3. The maximum atomic E-state index is 13.0. The number of benzene rings is 2. The summed E-state index contributed by atoms with van der Waals surface area (Å²) < 4.78 is 7.91. The van der Waals surface area contributed by atoms with Crippen molar-refractivity contribution in [2.75, 3.05) is 7.05 Å². The molecule has 0 saturated carbocycles. The molecule has 0 aliphatic carbocycles. The lowest BCUT2D eigenvalue weighted by molar-refractivity contribution is 0.0727. The molecule has 148 valence electrons. The number of hydrogen-bond donors (Lipinski definition) is 0. The van der Waals surface area contributed by atoms with Crippen molar-refractivity contribution in [2.45, 2.75) is 33.4 Å². The van der Waals surface area contributed by atoms with Crippen LogP contribution in [-0.4, -0.2) is 27.6 Å². The molecule has 1 atom stereocenters. The number of carbonyl (C=O) groups is 1. The van der Waals surface area contributed by atoms with E-state index in [0.29, 0.717) is 12.1 Å². The number of furan rings is 1. The van der Waals surface area contributed by atoms with Crippen LogP contribution in [0.3, 0.4) is 0 Å². The van der Waals surface area contributed by atoms with Gasteiger partial charge in [-0.25, -0.2) is 0 Å². The molecule has 1 unspecified atom stereocenters. The van der Waals surface area contributed by atoms with E-state index in [2.05, 4.69) is 11.2 Å². The molecular formula is C24H25N3O2. The highest BCUT2D eigenvalue weighted by atomic mass is 16.3. The van der Waals surface area contributed by atoms with Crippen LogP contribution in [0, 0.1) is 13.8 Å². The summed E-state index contributed by atoms with van der Waals surface area (Å²) in [5.41, 5.74) is 4.74. The van der Waals surface area contributed by atoms with Gasteiger partial charge in [0, 0.05) is 23.7 Å². The maximum Gasteiger partial charge on any atom is 0.254 e. The number of fused-ring (bicyclic) bond motifs is 1. The van der Waals surface area contributed by atoms with E-state index >= 15 is 0 Å². The van der Waals surface area contributed by atoms with Gasteiger partial charge in [-0.1, -0.05) is 30.3 Å². The van der Waals surface area contributed by atoms with Crippen LogP contribution in [-0.2, 0) is 6.54 Å². The van der Waals surface area contributed by atoms with Gasteiger partial charge in [0.25, 0.3) is 5.91 Å². The zero-order chi connectivity index (χ0) is 20.5. The molecule has 2 aromatic carbocycles. The van der Waals surface area contributed by atoms with E-state index in [1.54, 1.807) is 4.90 Å². The molecule has 1 amide bonds. The molecule has 0 aliphatic heterocycles. The Hall–Kier alpha value is -3.34. The Kier molecular flexibility index (Phi) is 4.97. The van der Waals surface area contributed by atoms with Crippen LogP contribution in [0.5, 0.6) is 0 Å². The first-order valence-corrected chi connectivity index (χ1v) is 9.78. The second-order valence-electron chi connectivity index (χ2n) is 7.56. The van der Waals surface area contributed by atoms with E-state index in [1.165, 1.54) is 0 Å². The van der Waals surface area contributed by atoms with Crippen LogP contribution in [0.25, 0.3) is 11.0 Å². The minimum atomic E-state index is -0.163. The Morgan fingerprint density at radius 3 is 2.48 bits per heavy atom. The Morgan fingerprint density at radius 2 is 1.83 bits per heavy atom. The minimum Gasteiger partial charge on any atom is -0.459 e. The van der Waals surface area contributed by atoms with Gasteiger partial charge in [0.05, 0.1) is 18.3 Å². The number of amides is 1. The van der Waals surface area contributed by atoms with E-state index < -0.39 is 0 Å². The molecule has 4 rings (SSSR count). The fourth-order valence-electron chi connectivity index (χ4n) is 3.54. The van der Waals surface area contributed by atoms with Crippen LogP contribution in [0.1, 0.15) is 46.0 Å². The summed E-state index contributed by atoms with van der Waals surface area (Å²) in [4.78, 5) is 14.7. The Bertz CT molecular complexity index is 1120. The Labute approximate surface area is 170 Å². The molecule has 0 N–H and O–H groups in total. The zero-order valence-corrected chi connectivity index (χ0v) is 17.2. The number of nitrogens with zero attached hydrogens (tertiary/aromatic N) is 3. The number of rotatable bonds is 5. The first-order chi connectivity index (χ1) is 13.9. The SMILES string of the molecule is Cc1cc(C)n(Cc2ccc(C(=O)N(C)C(C)c3cc4ccccc4o3)cc2)n1. The molecule has 5 nitrogen and oxygen atoms in total. The number of aryl methyl sites for hydroxylation is 2. The van der Waals surface area contributed by atoms with Crippen LogP contribution >= 0.6 is 0 Å². The Balaban J connectivity index is 1.48. The summed E-state index contributed by atoms with van der Waals surface area (Å²) in [5, 5.41) is 5.54. The van der Waals surface area contributed by atoms with Gasteiger partial charge in [-0.2, -0.15) is 5.10 Å². The van der Waals surface area contributed by atoms with Crippen molar-refractivity contribution in [3.8, 4) is 0 Å². The summed E-state index contributed by atoms with van der Waals surface area (Å²) in [5.74, 6) is 0.749. The van der Waals surface area contributed by atoms with Gasteiger partial charge in [-0.3, -0.25) is 9.48 Å². The maximum absolute atomic E-state index is 13.0. The first-order valence-electron chi connectivity index (χ1n) is 9.78. The molecule has 0 bridgehead atoms. The van der Waals surface area contributed by atoms with E-state index in [-0.39, 0.29) is 11.9 Å². The molecule has 0 spiro atoms. The average Bonchev–Trinajstić information content (AvgIpc) is 3.29. The largest absolute Gasteiger partial charge is 0.459 e. The smallest absolute Gasteiger partial charge is 0.254 e. The van der Waals surface area contributed by atoms with Crippen molar-refractivity contribution in [3.05, 3.63) is 88.9 Å². The molecule has 4 aromatic rings. The summed E-state index contributed by atoms with van der Waals surface area (Å²) in [6.07, 6.45) is 0. The van der Waals surface area contributed by atoms with Crippen molar-refractivity contribution in [2.24, 2.45) is 0 Å². The number of aromatic nitrogens is 2. The monoisotopic (exact) mass is 387 g/mol. The molecule has 2 heterocycles. The van der Waals surface area contributed by atoms with Gasteiger partial charge in [-0.15, -0.1) is 0 Å². The zero-order valence-electron chi connectivity index (χ0n) is 17.2. The van der Waals surface area contributed by atoms with Crippen molar-refractivity contribution in [3.63, 3.8) is 0 Å². The van der Waals surface area contributed by atoms with Gasteiger partial charge in [0.1, 0.15) is 11.3 Å². The molecule has 0 fully saturated rings. The third-order valence-corrected chi connectivity index (χ3v) is 5.39. The fourth-order valence-corrected chi connectivity index (χ4v) is 3.54. The van der Waals surface area contributed by atoms with Gasteiger partial charge in [-0.05, 0) is 56.7 Å². The lowest BCUT2D eigenvalue weighted by atomic mass is 10.1. The van der Waals surface area contributed by atoms with Crippen molar-refractivity contribution in [1.29, 1.82) is 0 Å². The summed E-state index contributed by atoms with van der Waals surface area (Å²) in [6, 6.07) is 19.5. The van der Waals surface area contributed by atoms with E-state index in [1.807, 2.05) is 87.1 Å². The summed E-state index contributed by atoms with van der Waals surface area (Å²) in [6.45, 7) is 6.71.